The molecule has 14 heteroatoms. The van der Waals surface area contributed by atoms with E-state index in [0.29, 0.717) is 43.7 Å². The summed E-state index contributed by atoms with van der Waals surface area (Å²) in [6.45, 7) is 5.96. The number of nitrogens with one attached hydrogen (secondary N) is 1. The predicted octanol–water partition coefficient (Wildman–Crippen LogP) is 6.39. The topological polar surface area (TPSA) is 99.9 Å². The number of carbonyl (C=O) groups excluding carboxylic acids is 1. The number of hydrogen-bond donors (Lipinski definition) is 2. The lowest BCUT2D eigenvalue weighted by atomic mass is 9.88. The lowest BCUT2D eigenvalue weighted by Crippen LogP contribution is -2.37. The maximum absolute atomic E-state index is 15.0. The quantitative estimate of drug-likeness (QED) is 0.213. The zero-order valence-electron chi connectivity index (χ0n) is 27.8. The van der Waals surface area contributed by atoms with Crippen LogP contribution in [-0.4, -0.2) is 76.9 Å². The third-order valence-electron chi connectivity index (χ3n) is 9.79. The molecule has 2 atom stereocenters. The number of alkyl halides is 3. The number of carboxylic acids is 1. The molecule has 0 unspecified atom stereocenters. The van der Waals surface area contributed by atoms with Gasteiger partial charge in [0.25, 0.3) is 0 Å². The molecule has 5 rings (SSSR count). The fourth-order valence-electron chi connectivity index (χ4n) is 6.76. The first kappa shape index (κ1) is 36.2. The summed E-state index contributed by atoms with van der Waals surface area (Å²) in [5.41, 5.74) is -0.0306. The van der Waals surface area contributed by atoms with Crippen LogP contribution in [0.1, 0.15) is 62.1 Å². The smallest absolute Gasteiger partial charge is 0.416 e. The van der Waals surface area contributed by atoms with Gasteiger partial charge in [0.2, 0.25) is 11.9 Å². The van der Waals surface area contributed by atoms with E-state index >= 15 is 4.39 Å². The lowest BCUT2D eigenvalue weighted by Gasteiger charge is -2.34. The number of likely N-dealkylation sites (tertiary alicyclic amines) is 1. The summed E-state index contributed by atoms with van der Waals surface area (Å²) in [7, 11) is 1.65. The maximum atomic E-state index is 15.0. The molecule has 2 aliphatic rings. The van der Waals surface area contributed by atoms with Gasteiger partial charge in [-0.25, -0.2) is 13.8 Å². The molecule has 9 nitrogen and oxygen atoms in total. The van der Waals surface area contributed by atoms with Gasteiger partial charge in [-0.05, 0) is 75.4 Å². The second kappa shape index (κ2) is 14.8. The van der Waals surface area contributed by atoms with Crippen LogP contribution in [-0.2, 0) is 27.0 Å². The van der Waals surface area contributed by atoms with E-state index in [1.165, 1.54) is 24.4 Å². The van der Waals surface area contributed by atoms with E-state index in [0.717, 1.165) is 31.0 Å². The van der Waals surface area contributed by atoms with Crippen molar-refractivity contribution in [1.29, 1.82) is 0 Å². The van der Waals surface area contributed by atoms with Gasteiger partial charge in [0.15, 0.2) is 0 Å². The van der Waals surface area contributed by atoms with Gasteiger partial charge in [0.1, 0.15) is 11.6 Å². The molecular formula is C35H42F5N5O4. The van der Waals surface area contributed by atoms with Gasteiger partial charge >= 0.3 is 12.1 Å². The molecule has 2 aromatic carbocycles. The van der Waals surface area contributed by atoms with Gasteiger partial charge in [0, 0.05) is 63.4 Å². The molecule has 0 aliphatic carbocycles. The van der Waals surface area contributed by atoms with Crippen LogP contribution in [0.3, 0.4) is 0 Å². The number of hydrogen-bond acceptors (Lipinski definition) is 6. The van der Waals surface area contributed by atoms with E-state index in [2.05, 4.69) is 15.2 Å². The SMILES string of the molecule is COC(C)(C)CCCN1C[C@@H](C(=O)Nc2nccn2Cc2ccc(C(F)(F)F)cc2N2CCC(C(=O)O)CC2)[C@H](c2ccc(F)cc2F)C1. The number of halogens is 5. The summed E-state index contributed by atoms with van der Waals surface area (Å²) in [6, 6.07) is 6.83. The van der Waals surface area contributed by atoms with Crippen molar-refractivity contribution in [2.45, 2.75) is 63.8 Å². The Hall–Kier alpha value is -4.04. The highest BCUT2D eigenvalue weighted by Gasteiger charge is 2.40. The molecule has 0 bridgehead atoms. The van der Waals surface area contributed by atoms with E-state index in [4.69, 9.17) is 4.74 Å². The monoisotopic (exact) mass is 691 g/mol. The van der Waals surface area contributed by atoms with Crippen molar-refractivity contribution in [2.75, 3.05) is 50.1 Å². The Morgan fingerprint density at radius 3 is 2.45 bits per heavy atom. The van der Waals surface area contributed by atoms with Gasteiger partial charge in [-0.15, -0.1) is 0 Å². The first-order chi connectivity index (χ1) is 23.1. The summed E-state index contributed by atoms with van der Waals surface area (Å²) in [6.07, 6.45) is 0.647. The van der Waals surface area contributed by atoms with Gasteiger partial charge in [-0.2, -0.15) is 13.2 Å². The third kappa shape index (κ3) is 8.77. The molecular weight excluding hydrogens is 649 g/mol. The number of amides is 1. The lowest BCUT2D eigenvalue weighted by molar-refractivity contribution is -0.142. The summed E-state index contributed by atoms with van der Waals surface area (Å²) in [4.78, 5) is 33.5. The molecule has 0 spiro atoms. The van der Waals surface area contributed by atoms with Crippen molar-refractivity contribution in [1.82, 2.24) is 14.5 Å². The number of carbonyl (C=O) groups is 2. The molecule has 0 saturated carbocycles. The second-order valence-electron chi connectivity index (χ2n) is 13.5. The highest BCUT2D eigenvalue weighted by molar-refractivity contribution is 5.92. The van der Waals surface area contributed by atoms with Crippen LogP contribution >= 0.6 is 0 Å². The van der Waals surface area contributed by atoms with Crippen molar-refractivity contribution >= 4 is 23.5 Å². The highest BCUT2D eigenvalue weighted by Crippen LogP contribution is 2.37. The number of piperidine rings is 1. The van der Waals surface area contributed by atoms with Crippen molar-refractivity contribution in [3.8, 4) is 0 Å². The molecule has 2 fully saturated rings. The number of imidazole rings is 1. The van der Waals surface area contributed by atoms with Crippen molar-refractivity contribution in [2.24, 2.45) is 11.8 Å². The Morgan fingerprint density at radius 2 is 1.80 bits per heavy atom. The molecule has 2 aliphatic heterocycles. The summed E-state index contributed by atoms with van der Waals surface area (Å²) < 4.78 is 77.1. The molecule has 3 heterocycles. The van der Waals surface area contributed by atoms with Crippen LogP contribution in [0.4, 0.5) is 33.6 Å². The molecule has 0 radical (unpaired) electrons. The molecule has 2 saturated heterocycles. The minimum absolute atomic E-state index is 0.0735. The highest BCUT2D eigenvalue weighted by atomic mass is 19.4. The third-order valence-corrected chi connectivity index (χ3v) is 9.79. The molecule has 49 heavy (non-hydrogen) atoms. The predicted molar refractivity (Wildman–Crippen MR) is 173 cm³/mol. The first-order valence-electron chi connectivity index (χ1n) is 16.4. The van der Waals surface area contributed by atoms with E-state index in [-0.39, 0.29) is 36.7 Å². The summed E-state index contributed by atoms with van der Waals surface area (Å²) in [5.74, 6) is -4.43. The number of rotatable bonds is 12. The van der Waals surface area contributed by atoms with Crippen molar-refractivity contribution in [3.05, 3.63) is 77.1 Å². The van der Waals surface area contributed by atoms with Crippen molar-refractivity contribution in [3.63, 3.8) is 0 Å². The fraction of sp³-hybridized carbons (Fsp3) is 0.514. The average molecular weight is 692 g/mol. The van der Waals surface area contributed by atoms with Crippen molar-refractivity contribution < 1.29 is 41.4 Å². The average Bonchev–Trinajstić information content (AvgIpc) is 3.67. The molecule has 2 N–H and O–H groups in total. The number of ether oxygens (including phenoxy) is 1. The van der Waals surface area contributed by atoms with Crippen LogP contribution in [0.2, 0.25) is 0 Å². The van der Waals surface area contributed by atoms with Crippen LogP contribution in [0, 0.1) is 23.5 Å². The van der Waals surface area contributed by atoms with Gasteiger partial charge < -0.3 is 24.2 Å². The second-order valence-corrected chi connectivity index (χ2v) is 13.5. The van der Waals surface area contributed by atoms with Gasteiger partial charge in [0.05, 0.1) is 29.5 Å². The molecule has 266 valence electrons. The zero-order chi connectivity index (χ0) is 35.5. The number of nitrogens with zero attached hydrogens (tertiary/aromatic N) is 4. The van der Waals surface area contributed by atoms with Crippen LogP contribution in [0.5, 0.6) is 0 Å². The van der Waals surface area contributed by atoms with Gasteiger partial charge in [-0.1, -0.05) is 12.1 Å². The summed E-state index contributed by atoms with van der Waals surface area (Å²) in [5, 5.41) is 12.3. The normalized spacial score (nSPS) is 19.4. The molecule has 1 amide bonds. The van der Waals surface area contributed by atoms with Crippen LogP contribution in [0.25, 0.3) is 0 Å². The largest absolute Gasteiger partial charge is 0.481 e. The summed E-state index contributed by atoms with van der Waals surface area (Å²) >= 11 is 0. The molecule has 1 aromatic heterocycles. The number of aliphatic carboxylic acids is 1. The number of benzene rings is 2. The number of anilines is 2. The van der Waals surface area contributed by atoms with E-state index in [1.54, 1.807) is 22.8 Å². The van der Waals surface area contributed by atoms with Crippen LogP contribution < -0.4 is 10.2 Å². The number of carboxylic acid groups (broad SMARTS) is 1. The Kier molecular flexibility index (Phi) is 11.0. The standard InChI is InChI=1S/C35H42F5N5O4/c1-34(2,49-3)11-4-13-43-20-27(26-8-7-25(36)18-29(26)37)28(21-43)31(46)42-33-41-12-16-45(33)19-23-5-6-24(35(38,39)40)17-30(23)44-14-9-22(10-15-44)32(47)48/h5-8,12,16-18,22,27-28H,4,9-11,13-15,19-21H2,1-3H3,(H,47,48)(H,41,42,46)/t27-,28+/m0/s1. The number of methoxy groups -OCH3 is 1. The Bertz CT molecular complexity index is 1640. The minimum Gasteiger partial charge on any atom is -0.481 e. The van der Waals surface area contributed by atoms with Crippen LogP contribution in [0.15, 0.2) is 48.8 Å². The Balaban J connectivity index is 1.36. The van der Waals surface area contributed by atoms with E-state index in [9.17, 15) is 32.3 Å². The first-order valence-corrected chi connectivity index (χ1v) is 16.4. The van der Waals surface area contributed by atoms with E-state index < -0.39 is 53.0 Å². The van der Waals surface area contributed by atoms with E-state index in [1.807, 2.05) is 13.8 Å². The van der Waals surface area contributed by atoms with Gasteiger partial charge in [-0.3, -0.25) is 14.9 Å². The fourth-order valence-corrected chi connectivity index (χ4v) is 6.76. The zero-order valence-corrected chi connectivity index (χ0v) is 27.8. The maximum Gasteiger partial charge on any atom is 0.416 e. The molecule has 3 aromatic rings. The Labute approximate surface area is 282 Å². The minimum atomic E-state index is -4.57. The Morgan fingerprint density at radius 1 is 1.06 bits per heavy atom. The number of aromatic nitrogens is 2.